The Bertz CT molecular complexity index is 1220. The van der Waals surface area contributed by atoms with Gasteiger partial charge in [-0.1, -0.05) is 26.7 Å². The lowest BCUT2D eigenvalue weighted by Crippen LogP contribution is -2.33. The van der Waals surface area contributed by atoms with Crippen LogP contribution in [0.4, 0.5) is 22.7 Å². The van der Waals surface area contributed by atoms with Crippen molar-refractivity contribution in [3.63, 3.8) is 0 Å². The third-order valence-electron chi connectivity index (χ3n) is 7.82. The van der Waals surface area contributed by atoms with Gasteiger partial charge in [-0.15, -0.1) is 0 Å². The number of hydrogen-bond acceptors (Lipinski definition) is 6. The highest BCUT2D eigenvalue weighted by Gasteiger charge is 2.23. The Labute approximate surface area is 255 Å². The van der Waals surface area contributed by atoms with Gasteiger partial charge in [0.05, 0.1) is 22.8 Å². The number of rotatable bonds is 16. The van der Waals surface area contributed by atoms with Gasteiger partial charge in [0, 0.05) is 61.4 Å². The van der Waals surface area contributed by atoms with Gasteiger partial charge in [0.25, 0.3) is 0 Å². The summed E-state index contributed by atoms with van der Waals surface area (Å²) < 4.78 is 0. The average molecular weight is 572 g/mol. The monoisotopic (exact) mass is 571 g/mol. The van der Waals surface area contributed by atoms with E-state index in [0.717, 1.165) is 74.6 Å². The summed E-state index contributed by atoms with van der Waals surface area (Å²) in [4.78, 5) is 25.7. The summed E-state index contributed by atoms with van der Waals surface area (Å²) in [6, 6.07) is 17.6. The highest BCUT2D eigenvalue weighted by molar-refractivity contribution is 6.23. The molecule has 0 heterocycles. The lowest BCUT2D eigenvalue weighted by molar-refractivity contribution is -0.111. The fourth-order valence-electron chi connectivity index (χ4n) is 5.49. The second-order valence-corrected chi connectivity index (χ2v) is 11.6. The van der Waals surface area contributed by atoms with E-state index >= 15 is 0 Å². The summed E-state index contributed by atoms with van der Waals surface area (Å²) in [6.45, 7) is 21.3. The topological polar surface area (TPSA) is 51.2 Å². The van der Waals surface area contributed by atoms with E-state index in [4.69, 9.17) is 4.99 Å². The minimum Gasteiger partial charge on any atom is -0.370 e. The number of ketones is 1. The first-order chi connectivity index (χ1) is 20.2. The van der Waals surface area contributed by atoms with Crippen molar-refractivity contribution in [1.29, 1.82) is 0 Å². The van der Waals surface area contributed by atoms with Crippen LogP contribution in [-0.2, 0) is 4.79 Å². The Morgan fingerprint density at radius 1 is 0.714 bits per heavy atom. The molecule has 1 N–H and O–H groups in total. The molecule has 0 bridgehead atoms. The van der Waals surface area contributed by atoms with Gasteiger partial charge in [-0.05, 0) is 109 Å². The molecule has 42 heavy (non-hydrogen) atoms. The maximum absolute atomic E-state index is 13.5. The van der Waals surface area contributed by atoms with E-state index in [-0.39, 0.29) is 5.78 Å². The number of benzene rings is 2. The van der Waals surface area contributed by atoms with Crippen LogP contribution < -0.4 is 15.1 Å². The molecule has 3 rings (SSSR count). The Hall–Kier alpha value is -3.54. The molecule has 228 valence electrons. The average Bonchev–Trinajstić information content (AvgIpc) is 2.97. The number of carbonyl (C=O) groups is 1. The van der Waals surface area contributed by atoms with Gasteiger partial charge in [0.2, 0.25) is 5.78 Å². The van der Waals surface area contributed by atoms with Gasteiger partial charge in [0.15, 0.2) is 0 Å². The lowest BCUT2D eigenvalue weighted by atomic mass is 10.0. The van der Waals surface area contributed by atoms with Crippen molar-refractivity contribution in [2.75, 3.05) is 41.3 Å². The van der Waals surface area contributed by atoms with Gasteiger partial charge in [-0.3, -0.25) is 4.79 Å². The van der Waals surface area contributed by atoms with E-state index in [1.807, 2.05) is 18.2 Å². The molecule has 0 aromatic heterocycles. The molecule has 0 saturated carbocycles. The minimum absolute atomic E-state index is 0.0192. The van der Waals surface area contributed by atoms with Crippen LogP contribution in [0, 0.1) is 0 Å². The van der Waals surface area contributed by atoms with E-state index in [9.17, 15) is 4.79 Å². The van der Waals surface area contributed by atoms with Crippen molar-refractivity contribution in [2.24, 2.45) is 4.99 Å². The van der Waals surface area contributed by atoms with Crippen LogP contribution in [0.25, 0.3) is 0 Å². The van der Waals surface area contributed by atoms with Crippen LogP contribution in [0.1, 0.15) is 81.1 Å². The molecule has 1 aliphatic carbocycles. The third-order valence-corrected chi connectivity index (χ3v) is 7.82. The Morgan fingerprint density at radius 3 is 1.67 bits per heavy atom. The normalized spacial score (nSPS) is 14.3. The molecule has 0 aliphatic heterocycles. The zero-order chi connectivity index (χ0) is 30.6. The maximum atomic E-state index is 13.5. The molecule has 2 aromatic carbocycles. The molecule has 0 unspecified atom stereocenters. The SMILES string of the molecule is CCCCN(CCCC)C1=CC(=O)C(Nc2ccc(N(CC)C(C)C)cc2)=C/C1=N\c1ccc(N(CC)C(C)C)cc1. The minimum atomic E-state index is -0.0192. The molecular formula is C36H53N5O. The van der Waals surface area contributed by atoms with Crippen molar-refractivity contribution < 1.29 is 4.79 Å². The van der Waals surface area contributed by atoms with Gasteiger partial charge in [-0.2, -0.15) is 0 Å². The largest absolute Gasteiger partial charge is 0.370 e. The van der Waals surface area contributed by atoms with Crippen LogP contribution in [-0.4, -0.2) is 54.7 Å². The number of nitrogens with zero attached hydrogens (tertiary/aromatic N) is 4. The molecule has 6 nitrogen and oxygen atoms in total. The standard InChI is InChI=1S/C36H53N5O/c1-9-13-23-39(24-14-10-2)35-26-36(42)34(38-30-17-21-32(22-18-30)41(12-4)28(7)8)25-33(35)37-29-15-19-31(20-16-29)40(11-3)27(5)6/h15-22,25-28,38H,9-14,23-24H2,1-8H3/b37-33+. The first kappa shape index (κ1) is 33.0. The van der Waals surface area contributed by atoms with Crippen LogP contribution in [0.5, 0.6) is 0 Å². The molecule has 6 heteroatoms. The van der Waals surface area contributed by atoms with Crippen molar-refractivity contribution in [3.8, 4) is 0 Å². The smallest absolute Gasteiger partial charge is 0.204 e. The number of aliphatic imine (C=N–C) groups is 1. The zero-order valence-corrected chi connectivity index (χ0v) is 27.3. The number of anilines is 3. The number of carbonyl (C=O) groups excluding carboxylic acids is 1. The Morgan fingerprint density at radius 2 is 1.21 bits per heavy atom. The summed E-state index contributed by atoms with van der Waals surface area (Å²) in [5.74, 6) is -0.0192. The number of nitrogens with one attached hydrogen (secondary N) is 1. The highest BCUT2D eigenvalue weighted by Crippen LogP contribution is 2.27. The predicted octanol–water partition coefficient (Wildman–Crippen LogP) is 8.59. The Balaban J connectivity index is 1.97. The van der Waals surface area contributed by atoms with Crippen LogP contribution in [0.15, 0.2) is 77.1 Å². The first-order valence-electron chi connectivity index (χ1n) is 16.0. The van der Waals surface area contributed by atoms with Crippen molar-refractivity contribution >= 4 is 34.2 Å². The van der Waals surface area contributed by atoms with E-state index in [1.54, 1.807) is 6.08 Å². The molecule has 1 aliphatic rings. The highest BCUT2D eigenvalue weighted by atomic mass is 16.1. The van der Waals surface area contributed by atoms with Gasteiger partial charge < -0.3 is 20.0 Å². The summed E-state index contributed by atoms with van der Waals surface area (Å²) in [5, 5.41) is 3.39. The van der Waals surface area contributed by atoms with Crippen LogP contribution in [0.2, 0.25) is 0 Å². The van der Waals surface area contributed by atoms with E-state index in [1.165, 1.54) is 11.4 Å². The van der Waals surface area contributed by atoms with E-state index < -0.39 is 0 Å². The molecule has 0 spiro atoms. The van der Waals surface area contributed by atoms with E-state index in [0.29, 0.717) is 17.8 Å². The second kappa shape index (κ2) is 16.2. The molecule has 0 radical (unpaired) electrons. The quantitative estimate of drug-likeness (QED) is 0.205. The predicted molar refractivity (Wildman–Crippen MR) is 182 cm³/mol. The zero-order valence-electron chi connectivity index (χ0n) is 27.3. The van der Waals surface area contributed by atoms with E-state index in [2.05, 4.69) is 112 Å². The maximum Gasteiger partial charge on any atom is 0.204 e. The van der Waals surface area contributed by atoms with Gasteiger partial charge in [-0.25, -0.2) is 4.99 Å². The van der Waals surface area contributed by atoms with Crippen molar-refractivity contribution in [3.05, 3.63) is 72.1 Å². The molecule has 0 saturated heterocycles. The molecule has 0 fully saturated rings. The summed E-state index contributed by atoms with van der Waals surface area (Å²) >= 11 is 0. The Kier molecular flexibility index (Phi) is 12.7. The lowest BCUT2D eigenvalue weighted by Gasteiger charge is -2.30. The van der Waals surface area contributed by atoms with Crippen molar-refractivity contribution in [2.45, 2.75) is 93.2 Å². The fraction of sp³-hybridized carbons (Fsp3) is 0.500. The molecule has 0 atom stereocenters. The summed E-state index contributed by atoms with van der Waals surface area (Å²) in [7, 11) is 0. The molecule has 2 aromatic rings. The van der Waals surface area contributed by atoms with Crippen molar-refractivity contribution in [1.82, 2.24) is 4.90 Å². The summed E-state index contributed by atoms with van der Waals surface area (Å²) in [5.41, 5.74) is 6.42. The second-order valence-electron chi connectivity index (χ2n) is 11.6. The number of unbranched alkanes of at least 4 members (excludes halogenated alkanes) is 2. The summed E-state index contributed by atoms with van der Waals surface area (Å²) in [6.07, 6.45) is 8.07. The van der Waals surface area contributed by atoms with Gasteiger partial charge in [0.1, 0.15) is 0 Å². The third kappa shape index (κ3) is 8.73. The first-order valence-corrected chi connectivity index (χ1v) is 16.0. The number of hydrogen-bond donors (Lipinski definition) is 1. The van der Waals surface area contributed by atoms with Gasteiger partial charge >= 0.3 is 0 Å². The number of allylic oxidation sites excluding steroid dienone is 2. The fourth-order valence-corrected chi connectivity index (χ4v) is 5.49. The molecule has 0 amide bonds. The van der Waals surface area contributed by atoms with Crippen LogP contribution in [0.3, 0.4) is 0 Å². The molecular weight excluding hydrogens is 518 g/mol. The van der Waals surface area contributed by atoms with Crippen LogP contribution >= 0.6 is 0 Å².